The Morgan fingerprint density at radius 3 is 2.57 bits per heavy atom. The minimum atomic E-state index is -0.138. The molecule has 2 heteroatoms. The number of aliphatic hydroxyl groups excluding tert-OH is 1. The van der Waals surface area contributed by atoms with Crippen molar-refractivity contribution in [2.24, 2.45) is 23.7 Å². The van der Waals surface area contributed by atoms with Crippen LogP contribution in [0.2, 0.25) is 0 Å². The molecular weight excluding hydrogens is 176 g/mol. The molecule has 80 valence electrons. The molecular formula is C12H20O2. The van der Waals surface area contributed by atoms with E-state index >= 15 is 0 Å². The van der Waals surface area contributed by atoms with Crippen LogP contribution in [0, 0.1) is 23.7 Å². The molecule has 0 aromatic carbocycles. The summed E-state index contributed by atoms with van der Waals surface area (Å²) >= 11 is 0. The van der Waals surface area contributed by atoms with E-state index in [9.17, 15) is 9.90 Å². The number of Topliss-reactive ketones (excluding diaryl/α,β-unsaturated/α-hetero) is 1. The van der Waals surface area contributed by atoms with E-state index in [1.54, 1.807) is 6.92 Å². The van der Waals surface area contributed by atoms with Crippen molar-refractivity contribution in [2.75, 3.05) is 0 Å². The molecule has 2 fully saturated rings. The third-order valence-electron chi connectivity index (χ3n) is 4.36. The highest BCUT2D eigenvalue weighted by atomic mass is 16.3. The second-order valence-corrected chi connectivity index (χ2v) is 5.16. The van der Waals surface area contributed by atoms with Gasteiger partial charge >= 0.3 is 0 Å². The monoisotopic (exact) mass is 196 g/mol. The Labute approximate surface area is 85.7 Å². The van der Waals surface area contributed by atoms with Crippen LogP contribution in [-0.4, -0.2) is 17.0 Å². The molecule has 0 amide bonds. The van der Waals surface area contributed by atoms with Gasteiger partial charge in [0.1, 0.15) is 5.78 Å². The van der Waals surface area contributed by atoms with Crippen molar-refractivity contribution in [3.05, 3.63) is 0 Å². The first-order chi connectivity index (χ1) is 6.61. The van der Waals surface area contributed by atoms with Gasteiger partial charge in [-0.3, -0.25) is 4.79 Å². The molecule has 2 nitrogen and oxygen atoms in total. The van der Waals surface area contributed by atoms with E-state index in [-0.39, 0.29) is 12.0 Å². The van der Waals surface area contributed by atoms with Crippen LogP contribution >= 0.6 is 0 Å². The second-order valence-electron chi connectivity index (χ2n) is 5.16. The van der Waals surface area contributed by atoms with Crippen LogP contribution in [0.1, 0.15) is 39.5 Å². The molecule has 0 heterocycles. The van der Waals surface area contributed by atoms with Crippen LogP contribution in [0.4, 0.5) is 0 Å². The van der Waals surface area contributed by atoms with Crippen LogP contribution in [-0.2, 0) is 4.79 Å². The fourth-order valence-corrected chi connectivity index (χ4v) is 3.64. The molecule has 2 aliphatic carbocycles. The smallest absolute Gasteiger partial charge is 0.133 e. The number of fused-ring (bicyclic) bond motifs is 1. The molecule has 2 saturated carbocycles. The van der Waals surface area contributed by atoms with Gasteiger partial charge in [0.05, 0.1) is 6.10 Å². The van der Waals surface area contributed by atoms with Crippen LogP contribution in [0.15, 0.2) is 0 Å². The third kappa shape index (κ3) is 1.50. The predicted octanol–water partition coefficient (Wildman–Crippen LogP) is 2.01. The van der Waals surface area contributed by atoms with Gasteiger partial charge in [-0.25, -0.2) is 0 Å². The van der Waals surface area contributed by atoms with Crippen molar-refractivity contribution in [1.82, 2.24) is 0 Å². The fourth-order valence-electron chi connectivity index (χ4n) is 3.64. The second kappa shape index (κ2) is 3.65. The van der Waals surface area contributed by atoms with Crippen molar-refractivity contribution in [1.29, 1.82) is 0 Å². The Morgan fingerprint density at radius 1 is 1.21 bits per heavy atom. The number of carbonyl (C=O) groups excluding carboxylic acids is 1. The molecule has 2 rings (SSSR count). The van der Waals surface area contributed by atoms with Gasteiger partial charge in [0.15, 0.2) is 0 Å². The van der Waals surface area contributed by atoms with Gasteiger partial charge in [-0.2, -0.15) is 0 Å². The van der Waals surface area contributed by atoms with E-state index < -0.39 is 0 Å². The first-order valence-electron chi connectivity index (χ1n) is 5.79. The summed E-state index contributed by atoms with van der Waals surface area (Å²) in [6, 6.07) is 0. The highest BCUT2D eigenvalue weighted by molar-refractivity contribution is 5.79. The number of hydrogen-bond donors (Lipinski definition) is 1. The average molecular weight is 196 g/mol. The third-order valence-corrected chi connectivity index (χ3v) is 4.36. The van der Waals surface area contributed by atoms with Crippen molar-refractivity contribution in [3.8, 4) is 0 Å². The van der Waals surface area contributed by atoms with Gasteiger partial charge in [0.25, 0.3) is 0 Å². The van der Waals surface area contributed by atoms with Crippen molar-refractivity contribution in [3.63, 3.8) is 0 Å². The van der Waals surface area contributed by atoms with Gasteiger partial charge in [-0.05, 0) is 50.4 Å². The molecule has 0 spiro atoms. The molecule has 0 saturated heterocycles. The Hall–Kier alpha value is -0.370. The molecule has 5 atom stereocenters. The largest absolute Gasteiger partial charge is 0.393 e. The molecule has 0 bridgehead atoms. The summed E-state index contributed by atoms with van der Waals surface area (Å²) in [4.78, 5) is 11.5. The van der Waals surface area contributed by atoms with Gasteiger partial charge in [-0.1, -0.05) is 6.92 Å². The lowest BCUT2D eigenvalue weighted by molar-refractivity contribution is -0.123. The molecule has 0 radical (unpaired) electrons. The Bertz CT molecular complexity index is 236. The number of aliphatic hydroxyl groups is 1. The molecule has 2 aliphatic rings. The highest BCUT2D eigenvalue weighted by Gasteiger charge is 2.46. The van der Waals surface area contributed by atoms with E-state index in [0.717, 1.165) is 25.7 Å². The minimum Gasteiger partial charge on any atom is -0.393 e. The van der Waals surface area contributed by atoms with Crippen molar-refractivity contribution in [2.45, 2.75) is 45.6 Å². The molecule has 14 heavy (non-hydrogen) atoms. The van der Waals surface area contributed by atoms with Gasteiger partial charge in [-0.15, -0.1) is 0 Å². The summed E-state index contributed by atoms with van der Waals surface area (Å²) in [6.07, 6.45) is 3.95. The van der Waals surface area contributed by atoms with E-state index in [1.807, 2.05) is 0 Å². The van der Waals surface area contributed by atoms with Crippen LogP contribution in [0.3, 0.4) is 0 Å². The molecule has 0 aliphatic heterocycles. The minimum absolute atomic E-state index is 0.138. The summed E-state index contributed by atoms with van der Waals surface area (Å²) in [6.45, 7) is 3.95. The van der Waals surface area contributed by atoms with Crippen molar-refractivity contribution >= 4 is 5.78 Å². The average Bonchev–Trinajstić information content (AvgIpc) is 2.56. The van der Waals surface area contributed by atoms with Crippen LogP contribution < -0.4 is 0 Å². The number of carbonyl (C=O) groups is 1. The van der Waals surface area contributed by atoms with Crippen LogP contribution in [0.25, 0.3) is 0 Å². The van der Waals surface area contributed by atoms with Gasteiger partial charge in [0.2, 0.25) is 0 Å². The molecule has 4 unspecified atom stereocenters. The maximum atomic E-state index is 11.5. The summed E-state index contributed by atoms with van der Waals surface area (Å²) in [7, 11) is 0. The molecule has 1 N–H and O–H groups in total. The zero-order valence-corrected chi connectivity index (χ0v) is 9.07. The maximum Gasteiger partial charge on any atom is 0.133 e. The zero-order chi connectivity index (χ0) is 10.3. The number of hydrogen-bond acceptors (Lipinski definition) is 2. The topological polar surface area (TPSA) is 37.3 Å². The lowest BCUT2D eigenvalue weighted by Crippen LogP contribution is -2.37. The normalized spacial score (nSPS) is 47.5. The first kappa shape index (κ1) is 10.2. The summed E-state index contributed by atoms with van der Waals surface area (Å²) in [5, 5.41) is 9.89. The number of rotatable bonds is 1. The van der Waals surface area contributed by atoms with Gasteiger partial charge < -0.3 is 5.11 Å². The first-order valence-corrected chi connectivity index (χ1v) is 5.79. The van der Waals surface area contributed by atoms with Gasteiger partial charge in [0, 0.05) is 5.92 Å². The SMILES string of the molecule is CC(=O)C1CCC2C(O)CC[C@@H](C)C12. The summed E-state index contributed by atoms with van der Waals surface area (Å²) < 4.78 is 0. The molecule has 0 aromatic heterocycles. The van der Waals surface area contributed by atoms with E-state index in [4.69, 9.17) is 0 Å². The highest BCUT2D eigenvalue weighted by Crippen LogP contribution is 2.48. The lowest BCUT2D eigenvalue weighted by atomic mass is 9.69. The Morgan fingerprint density at radius 2 is 1.93 bits per heavy atom. The van der Waals surface area contributed by atoms with E-state index in [2.05, 4.69) is 6.92 Å². The van der Waals surface area contributed by atoms with E-state index in [1.165, 1.54) is 0 Å². The Balaban J connectivity index is 2.17. The Kier molecular flexibility index (Phi) is 2.65. The van der Waals surface area contributed by atoms with Crippen LogP contribution in [0.5, 0.6) is 0 Å². The standard InChI is InChI=1S/C12H20O2/c1-7-3-6-11(14)10-5-4-9(8(2)13)12(7)10/h7,9-12,14H,3-6H2,1-2H3/t7-,9?,10?,11?,12?/m1/s1. The lowest BCUT2D eigenvalue weighted by Gasteiger charge is -2.37. The number of ketones is 1. The zero-order valence-electron chi connectivity index (χ0n) is 9.07. The summed E-state index contributed by atoms with van der Waals surface area (Å²) in [5.74, 6) is 2.08. The maximum absolute atomic E-state index is 11.5. The van der Waals surface area contributed by atoms with Crippen molar-refractivity contribution < 1.29 is 9.90 Å². The quantitative estimate of drug-likeness (QED) is 0.696. The summed E-state index contributed by atoms with van der Waals surface area (Å²) in [5.41, 5.74) is 0. The fraction of sp³-hybridized carbons (Fsp3) is 0.917. The van der Waals surface area contributed by atoms with E-state index in [0.29, 0.717) is 23.5 Å². The predicted molar refractivity (Wildman–Crippen MR) is 54.8 cm³/mol. The molecule has 0 aromatic rings.